The minimum atomic E-state index is 0.978. The number of pyridine rings is 1. The van der Waals surface area contributed by atoms with Gasteiger partial charge in [0.1, 0.15) is 15.4 Å². The van der Waals surface area contributed by atoms with Crippen molar-refractivity contribution in [2.45, 2.75) is 6.92 Å². The van der Waals surface area contributed by atoms with Crippen LogP contribution >= 0.6 is 11.3 Å². The Kier molecular flexibility index (Phi) is 2.18. The van der Waals surface area contributed by atoms with Gasteiger partial charge in [-0.15, -0.1) is 0 Å². The Morgan fingerprint density at radius 1 is 1.06 bits per heavy atom. The summed E-state index contributed by atoms with van der Waals surface area (Å²) in [6.07, 6.45) is 1.81. The maximum atomic E-state index is 4.60. The van der Waals surface area contributed by atoms with Crippen LogP contribution in [0.4, 0.5) is 0 Å². The maximum Gasteiger partial charge on any atom is 0.143 e. The van der Waals surface area contributed by atoms with E-state index in [1.54, 1.807) is 11.3 Å². The molecule has 0 fully saturated rings. The van der Waals surface area contributed by atoms with Crippen LogP contribution in [-0.2, 0) is 0 Å². The summed E-state index contributed by atoms with van der Waals surface area (Å²) >= 11 is 1.64. The predicted octanol–water partition coefficient (Wildman–Crippen LogP) is 3.67. The van der Waals surface area contributed by atoms with E-state index in [0.29, 0.717) is 0 Å². The lowest BCUT2D eigenvalue weighted by atomic mass is 10.1. The summed E-state index contributed by atoms with van der Waals surface area (Å²) in [6, 6.07) is 12.2. The van der Waals surface area contributed by atoms with E-state index < -0.39 is 0 Å². The van der Waals surface area contributed by atoms with Crippen molar-refractivity contribution in [1.29, 1.82) is 0 Å². The number of aryl methyl sites for hydroxylation is 1. The zero-order valence-corrected chi connectivity index (χ0v) is 9.66. The Labute approximate surface area is 97.6 Å². The average molecular weight is 226 g/mol. The number of fused-ring (bicyclic) bond motifs is 1. The quantitative estimate of drug-likeness (QED) is 0.632. The van der Waals surface area contributed by atoms with Crippen molar-refractivity contribution >= 4 is 21.7 Å². The molecule has 16 heavy (non-hydrogen) atoms. The van der Waals surface area contributed by atoms with Gasteiger partial charge in [-0.2, -0.15) is 0 Å². The summed E-state index contributed by atoms with van der Waals surface area (Å²) in [6.45, 7) is 2.11. The first-order valence-electron chi connectivity index (χ1n) is 5.12. The van der Waals surface area contributed by atoms with Crippen molar-refractivity contribution in [1.82, 2.24) is 9.97 Å². The predicted molar refractivity (Wildman–Crippen MR) is 67.6 cm³/mol. The molecule has 0 aliphatic rings. The molecule has 0 bridgehead atoms. The molecule has 2 aromatic heterocycles. The minimum absolute atomic E-state index is 0.978. The number of hydrogen-bond donors (Lipinski definition) is 0. The van der Waals surface area contributed by atoms with E-state index >= 15 is 0 Å². The van der Waals surface area contributed by atoms with Crippen LogP contribution < -0.4 is 0 Å². The molecule has 0 amide bonds. The molecule has 2 heterocycles. The molecule has 0 saturated carbocycles. The van der Waals surface area contributed by atoms with Crippen molar-refractivity contribution < 1.29 is 0 Å². The Balaban J connectivity index is 2.23. The van der Waals surface area contributed by atoms with Gasteiger partial charge in [-0.25, -0.2) is 9.97 Å². The fraction of sp³-hybridized carbons (Fsp3) is 0.0769. The first-order chi connectivity index (χ1) is 7.84. The van der Waals surface area contributed by atoms with Crippen LogP contribution in [0.5, 0.6) is 0 Å². The van der Waals surface area contributed by atoms with Gasteiger partial charge in [-0.1, -0.05) is 35.6 Å². The van der Waals surface area contributed by atoms with Crippen LogP contribution in [0.3, 0.4) is 0 Å². The van der Waals surface area contributed by atoms with E-state index in [4.69, 9.17) is 0 Å². The molecule has 0 saturated heterocycles. The number of benzene rings is 1. The lowest BCUT2D eigenvalue weighted by Gasteiger charge is -1.99. The van der Waals surface area contributed by atoms with Crippen LogP contribution in [0, 0.1) is 6.92 Å². The molecule has 0 unspecified atom stereocenters. The van der Waals surface area contributed by atoms with Crippen LogP contribution in [0.15, 0.2) is 42.6 Å². The van der Waals surface area contributed by atoms with Crippen molar-refractivity contribution in [3.8, 4) is 10.6 Å². The highest BCUT2D eigenvalue weighted by molar-refractivity contribution is 7.21. The third-order valence-corrected chi connectivity index (χ3v) is 3.55. The first-order valence-corrected chi connectivity index (χ1v) is 5.94. The molecule has 0 spiro atoms. The van der Waals surface area contributed by atoms with Gasteiger partial charge in [0.05, 0.1) is 0 Å². The lowest BCUT2D eigenvalue weighted by Crippen LogP contribution is -1.80. The number of hydrogen-bond acceptors (Lipinski definition) is 3. The zero-order chi connectivity index (χ0) is 11.0. The molecule has 0 N–H and O–H groups in total. The summed E-state index contributed by atoms with van der Waals surface area (Å²) in [4.78, 5) is 9.91. The molecule has 78 valence electrons. The van der Waals surface area contributed by atoms with Crippen LogP contribution in [-0.4, -0.2) is 9.97 Å². The monoisotopic (exact) mass is 226 g/mol. The SMILES string of the molecule is Cc1ccccc1-c1nc2cccnc2s1. The number of thiazole rings is 1. The number of rotatable bonds is 1. The van der Waals surface area contributed by atoms with Gasteiger partial charge in [-0.05, 0) is 24.6 Å². The summed E-state index contributed by atoms with van der Waals surface area (Å²) in [5.74, 6) is 0. The van der Waals surface area contributed by atoms with Crippen LogP contribution in [0.2, 0.25) is 0 Å². The Hall–Kier alpha value is -1.74. The first kappa shape index (κ1) is 9.48. The lowest BCUT2D eigenvalue weighted by molar-refractivity contribution is 1.39. The second-order valence-electron chi connectivity index (χ2n) is 3.66. The van der Waals surface area contributed by atoms with E-state index in [1.165, 1.54) is 11.1 Å². The van der Waals surface area contributed by atoms with Gasteiger partial charge < -0.3 is 0 Å². The normalized spacial score (nSPS) is 10.8. The van der Waals surface area contributed by atoms with E-state index in [1.807, 2.05) is 30.5 Å². The molecule has 3 aromatic rings. The fourth-order valence-corrected chi connectivity index (χ4v) is 2.70. The molecule has 1 aromatic carbocycles. The van der Waals surface area contributed by atoms with Gasteiger partial charge in [0.2, 0.25) is 0 Å². The van der Waals surface area contributed by atoms with Crippen molar-refractivity contribution in [2.75, 3.05) is 0 Å². The molecule has 3 heteroatoms. The summed E-state index contributed by atoms with van der Waals surface area (Å²) < 4.78 is 0. The maximum absolute atomic E-state index is 4.60. The van der Waals surface area contributed by atoms with Gasteiger partial charge in [0.25, 0.3) is 0 Å². The summed E-state index contributed by atoms with van der Waals surface area (Å²) in [7, 11) is 0. The Morgan fingerprint density at radius 2 is 1.94 bits per heavy atom. The largest absolute Gasteiger partial charge is 0.244 e. The van der Waals surface area contributed by atoms with Gasteiger partial charge >= 0.3 is 0 Å². The molecular formula is C13H10N2S. The second kappa shape index (κ2) is 3.68. The topological polar surface area (TPSA) is 25.8 Å². The van der Waals surface area contributed by atoms with Crippen molar-refractivity contribution in [2.24, 2.45) is 0 Å². The third kappa shape index (κ3) is 1.49. The number of nitrogens with zero attached hydrogens (tertiary/aromatic N) is 2. The molecule has 2 nitrogen and oxygen atoms in total. The third-order valence-electron chi connectivity index (χ3n) is 2.54. The minimum Gasteiger partial charge on any atom is -0.244 e. The Bertz CT molecular complexity index is 610. The molecule has 3 rings (SSSR count). The molecule has 0 atom stereocenters. The van der Waals surface area contributed by atoms with Gasteiger partial charge in [0, 0.05) is 11.8 Å². The van der Waals surface area contributed by atoms with Crippen LogP contribution in [0.1, 0.15) is 5.56 Å². The van der Waals surface area contributed by atoms with Gasteiger partial charge in [0.15, 0.2) is 0 Å². The van der Waals surface area contributed by atoms with E-state index in [2.05, 4.69) is 29.0 Å². The molecule has 0 aliphatic heterocycles. The number of aromatic nitrogens is 2. The van der Waals surface area contributed by atoms with Crippen molar-refractivity contribution in [3.05, 3.63) is 48.2 Å². The fourth-order valence-electron chi connectivity index (χ4n) is 1.70. The smallest absolute Gasteiger partial charge is 0.143 e. The summed E-state index contributed by atoms with van der Waals surface area (Å²) in [5.41, 5.74) is 3.43. The highest BCUT2D eigenvalue weighted by atomic mass is 32.1. The standard InChI is InChI=1S/C13H10N2S/c1-9-5-2-3-6-10(9)12-15-11-7-4-8-14-13(11)16-12/h2-8H,1H3. The van der Waals surface area contributed by atoms with Gasteiger partial charge in [-0.3, -0.25) is 0 Å². The summed E-state index contributed by atoms with van der Waals surface area (Å²) in [5, 5.41) is 1.05. The van der Waals surface area contributed by atoms with Crippen LogP contribution in [0.25, 0.3) is 20.9 Å². The molecule has 0 aliphatic carbocycles. The van der Waals surface area contributed by atoms with E-state index in [0.717, 1.165) is 15.4 Å². The molecule has 0 radical (unpaired) electrons. The van der Waals surface area contributed by atoms with E-state index in [9.17, 15) is 0 Å². The highest BCUT2D eigenvalue weighted by Crippen LogP contribution is 2.30. The van der Waals surface area contributed by atoms with E-state index in [-0.39, 0.29) is 0 Å². The average Bonchev–Trinajstić information content (AvgIpc) is 2.73. The second-order valence-corrected chi connectivity index (χ2v) is 4.64. The molecular weight excluding hydrogens is 216 g/mol. The Morgan fingerprint density at radius 3 is 2.75 bits per heavy atom. The highest BCUT2D eigenvalue weighted by Gasteiger charge is 2.07. The zero-order valence-electron chi connectivity index (χ0n) is 8.84. The van der Waals surface area contributed by atoms with Crippen molar-refractivity contribution in [3.63, 3.8) is 0 Å².